The third-order valence-electron chi connectivity index (χ3n) is 6.24. The van der Waals surface area contributed by atoms with Crippen LogP contribution in [0.25, 0.3) is 16.9 Å². The van der Waals surface area contributed by atoms with Gasteiger partial charge < -0.3 is 14.8 Å². The van der Waals surface area contributed by atoms with Gasteiger partial charge in [0.15, 0.2) is 5.65 Å². The fourth-order valence-electron chi connectivity index (χ4n) is 4.20. The van der Waals surface area contributed by atoms with Crippen LogP contribution in [0.4, 0.5) is 5.82 Å². The van der Waals surface area contributed by atoms with Crippen LogP contribution in [-0.2, 0) is 23.1 Å². The number of nitrogens with zero attached hydrogens (tertiary/aromatic N) is 3. The minimum absolute atomic E-state index is 0.00157. The highest BCUT2D eigenvalue weighted by atomic mass is 35.5. The van der Waals surface area contributed by atoms with Crippen molar-refractivity contribution in [2.75, 3.05) is 19.5 Å². The Labute approximate surface area is 238 Å². The van der Waals surface area contributed by atoms with Gasteiger partial charge in [-0.05, 0) is 34.8 Å². The molecular weight excluding hydrogens is 549 g/mol. The number of halogens is 1. The zero-order valence-corrected chi connectivity index (χ0v) is 23.3. The summed E-state index contributed by atoms with van der Waals surface area (Å²) >= 11 is 6.42. The summed E-state index contributed by atoms with van der Waals surface area (Å²) < 4.78 is 40.8. The van der Waals surface area contributed by atoms with E-state index in [0.29, 0.717) is 39.9 Å². The number of aromatic nitrogens is 3. The standard InChI is InChI=1S/C28H25BClN5O4S/c1-38-20-10-11-25(39-2)26(13-20)40(36,37)33-16-19-7-5-6-18(12-19)15-31-27-14-24(21-8-3-4-9-23(21)30)34-28-22(29)17-32-35(27)28/h3-14,17,31,33H,15-16H2,1-2H3. The van der Waals surface area contributed by atoms with Gasteiger partial charge in [-0.1, -0.05) is 54.1 Å². The van der Waals surface area contributed by atoms with E-state index in [1.165, 1.54) is 20.3 Å². The van der Waals surface area contributed by atoms with Crippen molar-refractivity contribution in [3.63, 3.8) is 0 Å². The number of hydrogen-bond acceptors (Lipinski definition) is 7. The van der Waals surface area contributed by atoms with Crippen molar-refractivity contribution in [2.24, 2.45) is 0 Å². The van der Waals surface area contributed by atoms with Crippen LogP contribution in [-0.4, -0.2) is 45.1 Å². The van der Waals surface area contributed by atoms with Gasteiger partial charge in [-0.25, -0.2) is 18.1 Å². The monoisotopic (exact) mass is 573 g/mol. The molecule has 2 heterocycles. The highest BCUT2D eigenvalue weighted by Gasteiger charge is 2.20. The molecule has 2 radical (unpaired) electrons. The average molecular weight is 574 g/mol. The molecule has 5 aromatic rings. The minimum Gasteiger partial charge on any atom is -0.497 e. The Kier molecular flexibility index (Phi) is 7.97. The minimum atomic E-state index is -3.87. The number of nitrogens with one attached hydrogen (secondary N) is 2. The van der Waals surface area contributed by atoms with Crippen molar-refractivity contribution < 1.29 is 17.9 Å². The first-order valence-electron chi connectivity index (χ1n) is 12.2. The molecule has 0 aliphatic heterocycles. The molecule has 9 nitrogen and oxygen atoms in total. The molecule has 2 aromatic heterocycles. The summed E-state index contributed by atoms with van der Waals surface area (Å²) in [4.78, 5) is 4.66. The SMILES string of the molecule is [B]c1cnn2c(NCc3cccc(CNS(=O)(=O)c4cc(OC)ccc4OC)c3)cc(-c3ccccc3Cl)nc12. The van der Waals surface area contributed by atoms with Crippen molar-refractivity contribution in [2.45, 2.75) is 18.0 Å². The lowest BCUT2D eigenvalue weighted by Gasteiger charge is -2.14. The molecule has 202 valence electrons. The van der Waals surface area contributed by atoms with Gasteiger partial charge in [0.1, 0.15) is 30.1 Å². The number of hydrogen-bond donors (Lipinski definition) is 2. The van der Waals surface area contributed by atoms with E-state index in [2.05, 4.69) is 20.1 Å². The molecule has 5 rings (SSSR count). The van der Waals surface area contributed by atoms with E-state index in [1.807, 2.05) is 48.5 Å². The Morgan fingerprint density at radius 1 is 0.950 bits per heavy atom. The van der Waals surface area contributed by atoms with Crippen molar-refractivity contribution in [3.05, 3.63) is 95.1 Å². The van der Waals surface area contributed by atoms with Gasteiger partial charge in [0.25, 0.3) is 0 Å². The zero-order valence-electron chi connectivity index (χ0n) is 21.8. The van der Waals surface area contributed by atoms with E-state index in [4.69, 9.17) is 28.9 Å². The molecule has 0 fully saturated rings. The molecule has 0 saturated heterocycles. The lowest BCUT2D eigenvalue weighted by molar-refractivity contribution is 0.392. The predicted molar refractivity (Wildman–Crippen MR) is 156 cm³/mol. The van der Waals surface area contributed by atoms with Crippen LogP contribution in [0.5, 0.6) is 11.5 Å². The van der Waals surface area contributed by atoms with Crippen molar-refractivity contribution in [1.82, 2.24) is 19.3 Å². The van der Waals surface area contributed by atoms with Crippen LogP contribution in [0, 0.1) is 0 Å². The van der Waals surface area contributed by atoms with Gasteiger partial charge in [0, 0.05) is 42.0 Å². The quantitative estimate of drug-likeness (QED) is 0.244. The second-order valence-electron chi connectivity index (χ2n) is 8.86. The number of sulfonamides is 1. The van der Waals surface area contributed by atoms with Gasteiger partial charge in [-0.15, -0.1) is 0 Å². The van der Waals surface area contributed by atoms with Gasteiger partial charge >= 0.3 is 0 Å². The summed E-state index contributed by atoms with van der Waals surface area (Å²) in [6.07, 6.45) is 1.55. The van der Waals surface area contributed by atoms with Gasteiger partial charge in [-0.3, -0.25) is 0 Å². The molecule has 0 amide bonds. The second kappa shape index (κ2) is 11.6. The van der Waals surface area contributed by atoms with E-state index in [1.54, 1.807) is 28.9 Å². The number of rotatable bonds is 10. The number of anilines is 1. The summed E-state index contributed by atoms with van der Waals surface area (Å²) in [6.45, 7) is 0.521. The molecule has 2 N–H and O–H groups in total. The zero-order chi connectivity index (χ0) is 28.3. The molecule has 0 unspecified atom stereocenters. The number of methoxy groups -OCH3 is 2. The summed E-state index contributed by atoms with van der Waals surface area (Å²) in [5, 5.41) is 8.32. The van der Waals surface area contributed by atoms with Crippen LogP contribution in [0.3, 0.4) is 0 Å². The second-order valence-corrected chi connectivity index (χ2v) is 11.0. The maximum absolute atomic E-state index is 13.1. The predicted octanol–water partition coefficient (Wildman–Crippen LogP) is 3.95. The van der Waals surface area contributed by atoms with Crippen molar-refractivity contribution in [3.8, 4) is 22.8 Å². The highest BCUT2D eigenvalue weighted by molar-refractivity contribution is 7.89. The Morgan fingerprint density at radius 2 is 1.73 bits per heavy atom. The van der Waals surface area contributed by atoms with Crippen molar-refractivity contribution in [1.29, 1.82) is 0 Å². The van der Waals surface area contributed by atoms with Crippen LogP contribution < -0.4 is 25.0 Å². The Hall–Kier alpha value is -4.06. The molecule has 0 saturated carbocycles. The molecule has 12 heteroatoms. The van der Waals surface area contributed by atoms with Crippen LogP contribution >= 0.6 is 11.6 Å². The Balaban J connectivity index is 1.35. The summed E-state index contributed by atoms with van der Waals surface area (Å²) in [5.74, 6) is 1.31. The summed E-state index contributed by atoms with van der Waals surface area (Å²) in [6, 6.07) is 21.5. The molecule has 0 aliphatic carbocycles. The molecule has 40 heavy (non-hydrogen) atoms. The van der Waals surface area contributed by atoms with E-state index in [0.717, 1.165) is 16.7 Å². The molecule has 0 aliphatic rings. The maximum atomic E-state index is 13.1. The first-order valence-corrected chi connectivity index (χ1v) is 14.1. The van der Waals surface area contributed by atoms with Crippen molar-refractivity contribution >= 4 is 46.4 Å². The third kappa shape index (κ3) is 5.76. The summed E-state index contributed by atoms with van der Waals surface area (Å²) in [5.41, 5.74) is 4.10. The Bertz CT molecular complexity index is 1800. The maximum Gasteiger partial charge on any atom is 0.244 e. The normalized spacial score (nSPS) is 11.5. The molecule has 3 aromatic carbocycles. The number of fused-ring (bicyclic) bond motifs is 1. The molecule has 0 atom stereocenters. The number of ether oxygens (including phenoxy) is 2. The molecule has 0 bridgehead atoms. The van der Waals surface area contributed by atoms with Crippen LogP contribution in [0.15, 0.2) is 83.9 Å². The first kappa shape index (κ1) is 27.5. The first-order chi connectivity index (χ1) is 19.3. The topological polar surface area (TPSA) is 107 Å². The molecular formula is C28H25BClN5O4S. The third-order valence-corrected chi connectivity index (χ3v) is 7.99. The lowest BCUT2D eigenvalue weighted by Crippen LogP contribution is -2.24. The van der Waals surface area contributed by atoms with Gasteiger partial charge in [0.05, 0.1) is 19.9 Å². The van der Waals surface area contributed by atoms with E-state index < -0.39 is 10.0 Å². The van der Waals surface area contributed by atoms with E-state index in [-0.39, 0.29) is 17.2 Å². The van der Waals surface area contributed by atoms with Crippen LogP contribution in [0.1, 0.15) is 11.1 Å². The highest BCUT2D eigenvalue weighted by Crippen LogP contribution is 2.29. The smallest absolute Gasteiger partial charge is 0.244 e. The summed E-state index contributed by atoms with van der Waals surface area (Å²) in [7, 11) is 5.15. The number of benzene rings is 3. The fraction of sp³-hybridized carbons (Fsp3) is 0.143. The van der Waals surface area contributed by atoms with Gasteiger partial charge in [0.2, 0.25) is 10.0 Å². The van der Waals surface area contributed by atoms with Crippen LogP contribution in [0.2, 0.25) is 5.02 Å². The van der Waals surface area contributed by atoms with Gasteiger partial charge in [-0.2, -0.15) is 9.61 Å². The fourth-order valence-corrected chi connectivity index (χ4v) is 5.64. The largest absolute Gasteiger partial charge is 0.497 e. The van der Waals surface area contributed by atoms with E-state index in [9.17, 15) is 8.42 Å². The molecule has 0 spiro atoms. The average Bonchev–Trinajstić information content (AvgIpc) is 3.35. The van der Waals surface area contributed by atoms with E-state index >= 15 is 0 Å². The Morgan fingerprint density at radius 3 is 2.48 bits per heavy atom. The lowest BCUT2D eigenvalue weighted by atomic mass is 10.0.